The Morgan fingerprint density at radius 3 is 2.56 bits per heavy atom. The number of aromatic nitrogens is 2. The number of nitriles is 1. The first kappa shape index (κ1) is 18.0. The molecule has 0 unspecified atom stereocenters. The molecule has 2 aromatic rings. The van der Waals surface area contributed by atoms with Crippen LogP contribution in [0.4, 0.5) is 22.1 Å². The van der Waals surface area contributed by atoms with E-state index < -0.39 is 11.8 Å². The smallest absolute Gasteiger partial charge is 0.406 e. The van der Waals surface area contributed by atoms with Crippen molar-refractivity contribution in [1.29, 1.82) is 5.26 Å². The summed E-state index contributed by atoms with van der Waals surface area (Å²) < 4.78 is 0. The van der Waals surface area contributed by atoms with Gasteiger partial charge < -0.3 is 15.7 Å². The second kappa shape index (κ2) is 7.05. The molecule has 8 heteroatoms. The molecule has 4 N–H and O–H groups in total. The van der Waals surface area contributed by atoms with E-state index in [1.807, 2.05) is 26.0 Å². The zero-order chi connectivity index (χ0) is 18.6. The fourth-order valence-electron chi connectivity index (χ4n) is 2.38. The number of nitrogens with one attached hydrogen (secondary N) is 3. The van der Waals surface area contributed by atoms with Crippen LogP contribution < -0.4 is 16.0 Å². The van der Waals surface area contributed by atoms with Crippen LogP contribution in [-0.2, 0) is 0 Å². The fourth-order valence-corrected chi connectivity index (χ4v) is 2.38. The highest BCUT2D eigenvalue weighted by Crippen LogP contribution is 2.23. The molecule has 0 aliphatic heterocycles. The molecule has 0 saturated carbocycles. The molecule has 2 aromatic heterocycles. The molecule has 2 rings (SSSR count). The van der Waals surface area contributed by atoms with Crippen LogP contribution in [0.2, 0.25) is 0 Å². The van der Waals surface area contributed by atoms with Crippen LogP contribution in [-0.4, -0.2) is 26.8 Å². The molecule has 0 radical (unpaired) electrons. The zero-order valence-electron chi connectivity index (χ0n) is 14.5. The quantitative estimate of drug-likeness (QED) is 0.617. The van der Waals surface area contributed by atoms with E-state index in [-0.39, 0.29) is 0 Å². The number of hydrogen-bond acceptors (Lipinski definition) is 6. The molecule has 0 bridgehead atoms. The van der Waals surface area contributed by atoms with E-state index in [2.05, 4.69) is 32.0 Å². The maximum atomic E-state index is 10.8. The number of nitrogens with zero attached hydrogens (tertiary/aromatic N) is 3. The van der Waals surface area contributed by atoms with Crippen molar-refractivity contribution >= 4 is 23.4 Å². The third kappa shape index (κ3) is 5.07. The molecule has 0 saturated heterocycles. The van der Waals surface area contributed by atoms with Crippen LogP contribution in [0.15, 0.2) is 24.4 Å². The standard InChI is InChI=1S/C17H20N6O2/c1-10-5-11(2)20-15(6-10)21-13-7-14(19-9-12(13)8-18)22-17(3,4)23-16(24)25/h5-7,9,23H,1-4H3,(H,24,25)(H2,19,20,21,22). The Kier molecular flexibility index (Phi) is 5.08. The monoisotopic (exact) mass is 340 g/mol. The molecule has 2 heterocycles. The number of amides is 1. The molecule has 0 spiro atoms. The summed E-state index contributed by atoms with van der Waals surface area (Å²) in [5.74, 6) is 1.04. The predicted octanol–water partition coefficient (Wildman–Crippen LogP) is 3.12. The van der Waals surface area contributed by atoms with Gasteiger partial charge in [0.2, 0.25) is 0 Å². The van der Waals surface area contributed by atoms with E-state index in [1.54, 1.807) is 19.9 Å². The summed E-state index contributed by atoms with van der Waals surface area (Å²) in [6.07, 6.45) is 0.272. The lowest BCUT2D eigenvalue weighted by atomic mass is 10.2. The second-order valence-electron chi connectivity index (χ2n) is 6.20. The molecule has 0 atom stereocenters. The first-order chi connectivity index (χ1) is 11.7. The molecule has 130 valence electrons. The number of anilines is 3. The average Bonchev–Trinajstić information content (AvgIpc) is 2.44. The number of pyridine rings is 2. The van der Waals surface area contributed by atoms with Gasteiger partial charge in [0.15, 0.2) is 0 Å². The van der Waals surface area contributed by atoms with Crippen LogP contribution in [0.1, 0.15) is 30.7 Å². The Hall–Kier alpha value is -3.34. The number of carboxylic acid groups (broad SMARTS) is 1. The zero-order valence-corrected chi connectivity index (χ0v) is 14.5. The predicted molar refractivity (Wildman–Crippen MR) is 94.8 cm³/mol. The van der Waals surface area contributed by atoms with Gasteiger partial charge in [0.25, 0.3) is 0 Å². The summed E-state index contributed by atoms with van der Waals surface area (Å²) >= 11 is 0. The highest BCUT2D eigenvalue weighted by Gasteiger charge is 2.20. The number of aryl methyl sites for hydroxylation is 2. The van der Waals surface area contributed by atoms with E-state index in [0.717, 1.165) is 11.3 Å². The third-order valence-corrected chi connectivity index (χ3v) is 3.24. The van der Waals surface area contributed by atoms with Crippen molar-refractivity contribution in [2.45, 2.75) is 33.4 Å². The van der Waals surface area contributed by atoms with Gasteiger partial charge in [0.1, 0.15) is 23.4 Å². The lowest BCUT2D eigenvalue weighted by Crippen LogP contribution is -2.49. The van der Waals surface area contributed by atoms with Gasteiger partial charge in [0.05, 0.1) is 11.3 Å². The van der Waals surface area contributed by atoms with Gasteiger partial charge in [-0.25, -0.2) is 14.8 Å². The lowest BCUT2D eigenvalue weighted by Gasteiger charge is -2.26. The largest absolute Gasteiger partial charge is 0.465 e. The van der Waals surface area contributed by atoms with Crippen LogP contribution in [0.25, 0.3) is 0 Å². The van der Waals surface area contributed by atoms with Crippen molar-refractivity contribution in [2.75, 3.05) is 10.6 Å². The number of carbonyl (C=O) groups is 1. The Morgan fingerprint density at radius 2 is 1.96 bits per heavy atom. The maximum absolute atomic E-state index is 10.8. The van der Waals surface area contributed by atoms with E-state index in [0.29, 0.717) is 22.9 Å². The summed E-state index contributed by atoms with van der Waals surface area (Å²) in [6.45, 7) is 7.19. The highest BCUT2D eigenvalue weighted by atomic mass is 16.4. The minimum atomic E-state index is -1.15. The normalized spacial score (nSPS) is 10.7. The molecular weight excluding hydrogens is 320 g/mol. The maximum Gasteiger partial charge on any atom is 0.406 e. The van der Waals surface area contributed by atoms with Crippen molar-refractivity contribution in [3.63, 3.8) is 0 Å². The van der Waals surface area contributed by atoms with Gasteiger partial charge in [-0.15, -0.1) is 0 Å². The second-order valence-corrected chi connectivity index (χ2v) is 6.20. The van der Waals surface area contributed by atoms with Crippen LogP contribution in [0, 0.1) is 25.2 Å². The van der Waals surface area contributed by atoms with Gasteiger partial charge in [-0.2, -0.15) is 5.26 Å². The average molecular weight is 340 g/mol. The minimum Gasteiger partial charge on any atom is -0.465 e. The number of rotatable bonds is 5. The molecule has 1 amide bonds. The molecule has 0 aliphatic carbocycles. The molecule has 8 nitrogen and oxygen atoms in total. The van der Waals surface area contributed by atoms with E-state index in [1.165, 1.54) is 6.20 Å². The van der Waals surface area contributed by atoms with Crippen molar-refractivity contribution < 1.29 is 9.90 Å². The summed E-state index contributed by atoms with van der Waals surface area (Å²) in [4.78, 5) is 19.4. The first-order valence-electron chi connectivity index (χ1n) is 7.60. The van der Waals surface area contributed by atoms with Gasteiger partial charge in [-0.05, 0) is 45.4 Å². The van der Waals surface area contributed by atoms with E-state index >= 15 is 0 Å². The summed E-state index contributed by atoms with van der Waals surface area (Å²) in [7, 11) is 0. The Labute approximate surface area is 145 Å². The van der Waals surface area contributed by atoms with Crippen LogP contribution >= 0.6 is 0 Å². The minimum absolute atomic E-state index is 0.357. The molecule has 0 fully saturated rings. The Balaban J connectivity index is 2.31. The van der Waals surface area contributed by atoms with Gasteiger partial charge in [-0.1, -0.05) is 0 Å². The molecular formula is C17H20N6O2. The molecule has 0 aliphatic rings. The Morgan fingerprint density at radius 1 is 1.24 bits per heavy atom. The summed E-state index contributed by atoms with van der Waals surface area (Å²) in [5, 5.41) is 26.6. The van der Waals surface area contributed by atoms with Crippen molar-refractivity contribution in [3.05, 3.63) is 41.2 Å². The van der Waals surface area contributed by atoms with Gasteiger partial charge >= 0.3 is 6.09 Å². The topological polar surface area (TPSA) is 123 Å². The summed E-state index contributed by atoms with van der Waals surface area (Å²) in [6, 6.07) is 7.55. The van der Waals surface area contributed by atoms with Crippen LogP contribution in [0.5, 0.6) is 0 Å². The van der Waals surface area contributed by atoms with Gasteiger partial charge in [0, 0.05) is 18.0 Å². The van der Waals surface area contributed by atoms with E-state index in [4.69, 9.17) is 5.11 Å². The first-order valence-corrected chi connectivity index (χ1v) is 7.60. The van der Waals surface area contributed by atoms with Crippen LogP contribution in [0.3, 0.4) is 0 Å². The van der Waals surface area contributed by atoms with Crippen molar-refractivity contribution in [3.8, 4) is 6.07 Å². The highest BCUT2D eigenvalue weighted by molar-refractivity contribution is 5.69. The van der Waals surface area contributed by atoms with Crippen molar-refractivity contribution in [2.24, 2.45) is 0 Å². The third-order valence-electron chi connectivity index (χ3n) is 3.24. The van der Waals surface area contributed by atoms with E-state index in [9.17, 15) is 10.1 Å². The summed E-state index contributed by atoms with van der Waals surface area (Å²) in [5.41, 5.74) is 1.87. The van der Waals surface area contributed by atoms with Gasteiger partial charge in [-0.3, -0.25) is 5.32 Å². The Bertz CT molecular complexity index is 821. The molecule has 0 aromatic carbocycles. The number of hydrogen-bond donors (Lipinski definition) is 4. The molecule has 25 heavy (non-hydrogen) atoms. The SMILES string of the molecule is Cc1cc(C)nc(Nc2cc(NC(C)(C)NC(=O)O)ncc2C#N)c1. The fraction of sp³-hybridized carbons (Fsp3) is 0.294. The lowest BCUT2D eigenvalue weighted by molar-refractivity contribution is 0.185. The van der Waals surface area contributed by atoms with Crippen molar-refractivity contribution in [1.82, 2.24) is 15.3 Å².